The maximum Gasteiger partial charge on any atom is 0.335 e. The van der Waals surface area contributed by atoms with Crippen molar-refractivity contribution in [2.75, 3.05) is 13.2 Å². The third-order valence-electron chi connectivity index (χ3n) is 11.7. The normalized spacial score (nSPS) is 19.2. The highest BCUT2D eigenvalue weighted by molar-refractivity contribution is 5.74. The fourth-order valence-electron chi connectivity index (χ4n) is 7.63. The van der Waals surface area contributed by atoms with Crippen LogP contribution < -0.4 is 0 Å². The van der Waals surface area contributed by atoms with Gasteiger partial charge in [-0.3, -0.25) is 14.4 Å². The molecule has 0 aromatic heterocycles. The number of carbonyl (C=O) groups excluding carboxylic acids is 3. The van der Waals surface area contributed by atoms with Gasteiger partial charge >= 0.3 is 23.9 Å². The number of rotatable bonds is 44. The lowest BCUT2D eigenvalue weighted by Crippen LogP contribution is -2.61. The van der Waals surface area contributed by atoms with Gasteiger partial charge in [0.2, 0.25) is 0 Å². The van der Waals surface area contributed by atoms with Gasteiger partial charge in [0, 0.05) is 19.3 Å². The van der Waals surface area contributed by atoms with Gasteiger partial charge in [0.1, 0.15) is 18.8 Å². The quantitative estimate of drug-likeness (QED) is 0.0228. The summed E-state index contributed by atoms with van der Waals surface area (Å²) in [5.41, 5.74) is 0. The lowest BCUT2D eigenvalue weighted by Gasteiger charge is -2.40. The van der Waals surface area contributed by atoms with Crippen LogP contribution in [-0.4, -0.2) is 89.2 Å². The molecule has 6 unspecified atom stereocenters. The number of esters is 3. The van der Waals surface area contributed by atoms with Crippen molar-refractivity contribution in [2.24, 2.45) is 0 Å². The Morgan fingerprint density at radius 1 is 0.493 bits per heavy atom. The molecular formula is C57H94O12. The van der Waals surface area contributed by atoms with Gasteiger partial charge < -0.3 is 39.0 Å². The van der Waals surface area contributed by atoms with Crippen molar-refractivity contribution in [3.63, 3.8) is 0 Å². The largest absolute Gasteiger partial charge is 0.479 e. The van der Waals surface area contributed by atoms with Gasteiger partial charge in [-0.25, -0.2) is 4.79 Å². The first-order valence-electron chi connectivity index (χ1n) is 26.9. The highest BCUT2D eigenvalue weighted by atomic mass is 16.7. The summed E-state index contributed by atoms with van der Waals surface area (Å²) in [7, 11) is 0. The Morgan fingerprint density at radius 2 is 0.942 bits per heavy atom. The van der Waals surface area contributed by atoms with Crippen molar-refractivity contribution >= 4 is 23.9 Å². The van der Waals surface area contributed by atoms with Crippen LogP contribution in [0.25, 0.3) is 0 Å². The molecule has 12 nitrogen and oxygen atoms in total. The van der Waals surface area contributed by atoms with E-state index < -0.39 is 67.3 Å². The maximum absolute atomic E-state index is 13.1. The Labute approximate surface area is 417 Å². The van der Waals surface area contributed by atoms with Crippen LogP contribution in [0.2, 0.25) is 0 Å². The second-order valence-electron chi connectivity index (χ2n) is 18.1. The molecule has 69 heavy (non-hydrogen) atoms. The number of aliphatic hydroxyl groups is 2. The van der Waals surface area contributed by atoms with E-state index in [1.54, 1.807) is 0 Å². The van der Waals surface area contributed by atoms with E-state index in [9.17, 15) is 34.5 Å². The lowest BCUT2D eigenvalue weighted by atomic mass is 9.98. The molecule has 0 amide bonds. The zero-order valence-corrected chi connectivity index (χ0v) is 43.0. The number of ether oxygens (including phenoxy) is 5. The van der Waals surface area contributed by atoms with Gasteiger partial charge in [0.15, 0.2) is 24.6 Å². The molecule has 0 aromatic carbocycles. The Morgan fingerprint density at radius 3 is 1.45 bits per heavy atom. The van der Waals surface area contributed by atoms with Gasteiger partial charge in [0.05, 0.1) is 6.61 Å². The Balaban J connectivity index is 2.73. The molecule has 0 aromatic rings. The molecule has 12 heteroatoms. The van der Waals surface area contributed by atoms with Crippen LogP contribution in [0.15, 0.2) is 72.9 Å². The minimum atomic E-state index is -1.91. The molecule has 1 rings (SSSR count). The van der Waals surface area contributed by atoms with E-state index in [2.05, 4.69) is 93.7 Å². The molecular weight excluding hydrogens is 877 g/mol. The molecule has 0 saturated carbocycles. The molecule has 6 atom stereocenters. The highest BCUT2D eigenvalue weighted by Gasteiger charge is 2.50. The van der Waals surface area contributed by atoms with E-state index in [1.807, 2.05) is 0 Å². The number of carbonyl (C=O) groups is 4. The zero-order chi connectivity index (χ0) is 50.4. The number of aliphatic hydroxyl groups excluding tert-OH is 2. The summed E-state index contributed by atoms with van der Waals surface area (Å²) in [6, 6.07) is 0. The fourth-order valence-corrected chi connectivity index (χ4v) is 7.63. The molecule has 0 radical (unpaired) electrons. The van der Waals surface area contributed by atoms with Crippen LogP contribution in [0.3, 0.4) is 0 Å². The minimum Gasteiger partial charge on any atom is -0.479 e. The molecule has 0 spiro atoms. The molecule has 394 valence electrons. The van der Waals surface area contributed by atoms with Crippen LogP contribution in [0.5, 0.6) is 0 Å². The van der Waals surface area contributed by atoms with Crippen molar-refractivity contribution in [3.05, 3.63) is 72.9 Å². The number of allylic oxidation sites excluding steroid dienone is 12. The highest BCUT2D eigenvalue weighted by Crippen LogP contribution is 2.26. The number of unbranched alkanes of at least 4 members (excludes halogenated alkanes) is 18. The fraction of sp³-hybridized carbons (Fsp3) is 0.719. The molecule has 1 aliphatic heterocycles. The van der Waals surface area contributed by atoms with Gasteiger partial charge in [0.25, 0.3) is 0 Å². The monoisotopic (exact) mass is 971 g/mol. The molecule has 3 N–H and O–H groups in total. The smallest absolute Gasteiger partial charge is 0.335 e. The summed E-state index contributed by atoms with van der Waals surface area (Å²) < 4.78 is 28.2. The SMILES string of the molecule is CC/C=C\C/C=C\C/C=C\C/C=C\CCCCCCC(=O)OCC(COC1OC(C(=O)O)C(O)C(O)C1OC(=O)CCCCCCCCCCC)OC(=O)CCCCCCC/C=C\C/C=C\CCC. The summed E-state index contributed by atoms with van der Waals surface area (Å²) in [4.78, 5) is 50.8. The van der Waals surface area contributed by atoms with E-state index in [4.69, 9.17) is 23.7 Å². The lowest BCUT2D eigenvalue weighted by molar-refractivity contribution is -0.301. The van der Waals surface area contributed by atoms with Crippen molar-refractivity contribution in [2.45, 2.75) is 250 Å². The average molecular weight is 971 g/mol. The zero-order valence-electron chi connectivity index (χ0n) is 43.0. The van der Waals surface area contributed by atoms with E-state index in [-0.39, 0.29) is 25.9 Å². The van der Waals surface area contributed by atoms with Crippen molar-refractivity contribution in [3.8, 4) is 0 Å². The summed E-state index contributed by atoms with van der Waals surface area (Å²) >= 11 is 0. The molecule has 1 saturated heterocycles. The Hall–Kier alpha value is -3.84. The van der Waals surface area contributed by atoms with Gasteiger partial charge in [-0.2, -0.15) is 0 Å². The predicted molar refractivity (Wildman–Crippen MR) is 275 cm³/mol. The number of hydrogen-bond donors (Lipinski definition) is 3. The molecule has 0 bridgehead atoms. The Bertz CT molecular complexity index is 1480. The summed E-state index contributed by atoms with van der Waals surface area (Å²) in [6.07, 6.45) is 43.3. The second-order valence-corrected chi connectivity index (χ2v) is 18.1. The Kier molecular flexibility index (Phi) is 41.5. The molecule has 1 fully saturated rings. The first-order chi connectivity index (χ1) is 33.6. The van der Waals surface area contributed by atoms with Crippen LogP contribution >= 0.6 is 0 Å². The van der Waals surface area contributed by atoms with Crippen LogP contribution in [0.4, 0.5) is 0 Å². The predicted octanol–water partition coefficient (Wildman–Crippen LogP) is 13.0. The number of aliphatic carboxylic acids is 1. The van der Waals surface area contributed by atoms with E-state index in [0.29, 0.717) is 19.3 Å². The molecule has 1 heterocycles. The molecule has 1 aliphatic rings. The average Bonchev–Trinajstić information content (AvgIpc) is 3.33. The van der Waals surface area contributed by atoms with Crippen LogP contribution in [-0.2, 0) is 42.9 Å². The number of hydrogen-bond acceptors (Lipinski definition) is 11. The topological polar surface area (TPSA) is 175 Å². The van der Waals surface area contributed by atoms with Crippen LogP contribution in [0, 0.1) is 0 Å². The molecule has 0 aliphatic carbocycles. The number of carboxylic acids is 1. The third kappa shape index (κ3) is 35.8. The first kappa shape index (κ1) is 63.2. The van der Waals surface area contributed by atoms with E-state index in [0.717, 1.165) is 128 Å². The van der Waals surface area contributed by atoms with Crippen LogP contribution in [0.1, 0.15) is 213 Å². The van der Waals surface area contributed by atoms with E-state index >= 15 is 0 Å². The van der Waals surface area contributed by atoms with Crippen molar-refractivity contribution < 1.29 is 58.2 Å². The second kappa shape index (κ2) is 45.3. The first-order valence-corrected chi connectivity index (χ1v) is 26.9. The summed E-state index contributed by atoms with van der Waals surface area (Å²) in [5.74, 6) is -3.18. The van der Waals surface area contributed by atoms with Crippen molar-refractivity contribution in [1.82, 2.24) is 0 Å². The maximum atomic E-state index is 13.1. The standard InChI is InChI=1S/C57H94O12/c1-4-7-10-13-16-19-21-23-24-25-26-28-29-32-34-37-40-43-49(58)65-46-48(67-50(59)44-41-38-36-33-30-27-22-20-17-14-11-8-5-2)47-66-57-55(53(62)52(61)54(69-57)56(63)64)68-51(60)45-42-39-35-31-18-15-12-9-6-3/h7,10-11,14,16,19-20,22-24,26,28,48,52-55,57,61-62H,4-6,8-9,12-13,15,17-18,21,25,27,29-47H2,1-3H3,(H,63,64)/b10-7-,14-11-,19-16-,22-20-,24-23-,28-26-. The van der Waals surface area contributed by atoms with Gasteiger partial charge in [-0.05, 0) is 83.5 Å². The van der Waals surface area contributed by atoms with Crippen molar-refractivity contribution in [1.29, 1.82) is 0 Å². The summed E-state index contributed by atoms with van der Waals surface area (Å²) in [6.45, 7) is 5.72. The number of carboxylic acid groups (broad SMARTS) is 1. The third-order valence-corrected chi connectivity index (χ3v) is 11.7. The minimum absolute atomic E-state index is 0.0553. The van der Waals surface area contributed by atoms with Gasteiger partial charge in [-0.1, -0.05) is 184 Å². The van der Waals surface area contributed by atoms with E-state index in [1.165, 1.54) is 25.7 Å². The van der Waals surface area contributed by atoms with Gasteiger partial charge in [-0.15, -0.1) is 0 Å². The summed E-state index contributed by atoms with van der Waals surface area (Å²) in [5, 5.41) is 31.3.